The Kier molecular flexibility index (Phi) is 3.76. The first kappa shape index (κ1) is 16.5. The molecule has 8 heteroatoms. The zero-order chi connectivity index (χ0) is 17.9. The third kappa shape index (κ3) is 2.53. The van der Waals surface area contributed by atoms with E-state index in [0.717, 1.165) is 62.8 Å². The van der Waals surface area contributed by atoms with Gasteiger partial charge in [0.15, 0.2) is 0 Å². The van der Waals surface area contributed by atoms with Crippen LogP contribution in [0.2, 0.25) is 0 Å². The van der Waals surface area contributed by atoms with Gasteiger partial charge in [0.1, 0.15) is 11.3 Å². The van der Waals surface area contributed by atoms with E-state index >= 15 is 0 Å². The van der Waals surface area contributed by atoms with Crippen LogP contribution in [-0.2, 0) is 16.4 Å². The molecule has 2 aromatic rings. The molecule has 0 bridgehead atoms. The maximum absolute atomic E-state index is 12.5. The standard InChI is InChI=1S/C18H25N5O2S/c1-22(26(24,25)14-6-7-14)12-2-4-13(5-3-12)23-11-21-16-10-20-18-15(17(16)23)8-9-19-18/h10-14H,2-9H2,1H3,(H,19,20)/t12-,13-. The molecule has 0 atom stereocenters. The summed E-state index contributed by atoms with van der Waals surface area (Å²) >= 11 is 0. The lowest BCUT2D eigenvalue weighted by molar-refractivity contribution is 0.239. The maximum atomic E-state index is 12.5. The molecule has 0 aromatic carbocycles. The van der Waals surface area contributed by atoms with Crippen LogP contribution >= 0.6 is 0 Å². The van der Waals surface area contributed by atoms with Gasteiger partial charge in [0.2, 0.25) is 10.0 Å². The van der Waals surface area contributed by atoms with Crippen LogP contribution < -0.4 is 5.32 Å². The number of aromatic nitrogens is 3. The van der Waals surface area contributed by atoms with E-state index in [2.05, 4.69) is 19.9 Å². The second-order valence-corrected chi connectivity index (χ2v) is 10.1. The van der Waals surface area contributed by atoms with Gasteiger partial charge >= 0.3 is 0 Å². The summed E-state index contributed by atoms with van der Waals surface area (Å²) in [7, 11) is -1.31. The van der Waals surface area contributed by atoms with Gasteiger partial charge in [0, 0.05) is 31.2 Å². The summed E-state index contributed by atoms with van der Waals surface area (Å²) in [6.07, 6.45) is 10.3. The quantitative estimate of drug-likeness (QED) is 0.887. The monoisotopic (exact) mass is 375 g/mol. The molecule has 0 saturated heterocycles. The van der Waals surface area contributed by atoms with Crippen LogP contribution in [0.3, 0.4) is 0 Å². The first-order valence-electron chi connectivity index (χ1n) is 9.61. The van der Waals surface area contributed by atoms with Crippen molar-refractivity contribution < 1.29 is 8.42 Å². The van der Waals surface area contributed by atoms with Crippen molar-refractivity contribution in [2.24, 2.45) is 0 Å². The van der Waals surface area contributed by atoms with E-state index in [0.29, 0.717) is 6.04 Å². The average molecular weight is 375 g/mol. The minimum absolute atomic E-state index is 0.120. The fourth-order valence-electron chi connectivity index (χ4n) is 4.58. The molecule has 0 amide bonds. The molecular weight excluding hydrogens is 350 g/mol. The number of hydrogen-bond donors (Lipinski definition) is 1. The molecule has 7 nitrogen and oxygen atoms in total. The molecule has 0 spiro atoms. The Morgan fingerprint density at radius 1 is 1.15 bits per heavy atom. The summed E-state index contributed by atoms with van der Waals surface area (Å²) in [5.41, 5.74) is 3.45. The van der Waals surface area contributed by atoms with Gasteiger partial charge in [0.25, 0.3) is 0 Å². The summed E-state index contributed by atoms with van der Waals surface area (Å²) in [4.78, 5) is 9.03. The van der Waals surface area contributed by atoms with Crippen molar-refractivity contribution in [1.29, 1.82) is 0 Å². The van der Waals surface area contributed by atoms with Gasteiger partial charge in [-0.25, -0.2) is 22.7 Å². The zero-order valence-corrected chi connectivity index (χ0v) is 15.9. The Balaban J connectivity index is 1.36. The molecule has 5 rings (SSSR count). The highest BCUT2D eigenvalue weighted by Crippen LogP contribution is 2.38. The lowest BCUT2D eigenvalue weighted by atomic mass is 9.91. The number of pyridine rings is 1. The zero-order valence-electron chi connectivity index (χ0n) is 15.1. The lowest BCUT2D eigenvalue weighted by Crippen LogP contribution is -2.41. The number of imidazole rings is 1. The molecule has 0 radical (unpaired) electrons. The fourth-order valence-corrected chi connectivity index (χ4v) is 6.41. The van der Waals surface area contributed by atoms with Crippen molar-refractivity contribution in [2.75, 3.05) is 18.9 Å². The molecule has 1 N–H and O–H groups in total. The van der Waals surface area contributed by atoms with Gasteiger partial charge in [0.05, 0.1) is 23.3 Å². The van der Waals surface area contributed by atoms with Gasteiger partial charge in [-0.2, -0.15) is 0 Å². The molecule has 140 valence electrons. The summed E-state index contributed by atoms with van der Waals surface area (Å²) < 4.78 is 29.0. The summed E-state index contributed by atoms with van der Waals surface area (Å²) in [5, 5.41) is 3.22. The highest BCUT2D eigenvalue weighted by Gasteiger charge is 2.41. The molecule has 2 aromatic heterocycles. The van der Waals surface area contributed by atoms with Crippen LogP contribution in [0, 0.1) is 0 Å². The van der Waals surface area contributed by atoms with Gasteiger partial charge in [-0.15, -0.1) is 0 Å². The Morgan fingerprint density at radius 3 is 2.65 bits per heavy atom. The molecule has 2 aliphatic carbocycles. The number of fused-ring (bicyclic) bond motifs is 3. The molecule has 3 aliphatic rings. The third-order valence-corrected chi connectivity index (χ3v) is 8.71. The van der Waals surface area contributed by atoms with Crippen LogP contribution in [0.1, 0.15) is 50.1 Å². The molecule has 3 heterocycles. The van der Waals surface area contributed by atoms with Gasteiger partial charge in [-0.05, 0) is 44.9 Å². The van der Waals surface area contributed by atoms with Crippen molar-refractivity contribution in [1.82, 2.24) is 18.8 Å². The van der Waals surface area contributed by atoms with Gasteiger partial charge in [-0.1, -0.05) is 0 Å². The first-order chi connectivity index (χ1) is 12.6. The van der Waals surface area contributed by atoms with Gasteiger partial charge < -0.3 is 9.88 Å². The molecule has 1 aliphatic heterocycles. The predicted octanol–water partition coefficient (Wildman–Crippen LogP) is 2.31. The second kappa shape index (κ2) is 5.92. The third-order valence-electron chi connectivity index (χ3n) is 6.30. The Morgan fingerprint density at radius 2 is 1.92 bits per heavy atom. The smallest absolute Gasteiger partial charge is 0.216 e. The Bertz CT molecular complexity index is 942. The van der Waals surface area contributed by atoms with Crippen LogP contribution in [-0.4, -0.2) is 52.1 Å². The lowest BCUT2D eigenvalue weighted by Gasteiger charge is -2.34. The van der Waals surface area contributed by atoms with E-state index in [-0.39, 0.29) is 11.3 Å². The van der Waals surface area contributed by atoms with E-state index in [1.54, 1.807) is 11.4 Å². The number of nitrogens with one attached hydrogen (secondary N) is 1. The predicted molar refractivity (Wildman–Crippen MR) is 101 cm³/mol. The highest BCUT2D eigenvalue weighted by atomic mass is 32.2. The van der Waals surface area contributed by atoms with Crippen LogP contribution in [0.15, 0.2) is 12.5 Å². The van der Waals surface area contributed by atoms with Crippen molar-refractivity contribution in [2.45, 2.75) is 62.3 Å². The van der Waals surface area contributed by atoms with Crippen LogP contribution in [0.25, 0.3) is 11.0 Å². The topological polar surface area (TPSA) is 80.1 Å². The summed E-state index contributed by atoms with van der Waals surface area (Å²) in [6.45, 7) is 0.934. The average Bonchev–Trinajstić information content (AvgIpc) is 3.26. The van der Waals surface area contributed by atoms with E-state index in [1.165, 1.54) is 11.1 Å². The van der Waals surface area contributed by atoms with E-state index < -0.39 is 10.0 Å². The SMILES string of the molecule is CN([C@H]1CC[C@H](n2cnc3cnc4c(c32)CCN4)CC1)S(=O)(=O)C1CC1. The normalized spacial score (nSPS) is 26.2. The van der Waals surface area contributed by atoms with E-state index in [9.17, 15) is 8.42 Å². The molecular formula is C18H25N5O2S. The Hall–Kier alpha value is -1.67. The summed E-state index contributed by atoms with van der Waals surface area (Å²) in [5.74, 6) is 0.989. The summed E-state index contributed by atoms with van der Waals surface area (Å²) in [6, 6.07) is 0.529. The van der Waals surface area contributed by atoms with E-state index in [4.69, 9.17) is 0 Å². The van der Waals surface area contributed by atoms with Gasteiger partial charge in [-0.3, -0.25) is 0 Å². The number of anilines is 1. The van der Waals surface area contributed by atoms with Crippen molar-refractivity contribution >= 4 is 26.9 Å². The molecule has 0 unspecified atom stereocenters. The van der Waals surface area contributed by atoms with Crippen LogP contribution in [0.5, 0.6) is 0 Å². The Labute approximate surface area is 153 Å². The van der Waals surface area contributed by atoms with Crippen molar-refractivity contribution in [3.8, 4) is 0 Å². The first-order valence-corrected chi connectivity index (χ1v) is 11.1. The number of sulfonamides is 1. The molecule has 2 fully saturated rings. The molecule has 2 saturated carbocycles. The number of rotatable bonds is 4. The van der Waals surface area contributed by atoms with Crippen LogP contribution in [0.4, 0.5) is 5.82 Å². The van der Waals surface area contributed by atoms with Crippen molar-refractivity contribution in [3.63, 3.8) is 0 Å². The fraction of sp³-hybridized carbons (Fsp3) is 0.667. The minimum atomic E-state index is -3.08. The van der Waals surface area contributed by atoms with E-state index in [1.807, 2.05) is 12.5 Å². The second-order valence-electron chi connectivity index (χ2n) is 7.87. The number of hydrogen-bond acceptors (Lipinski definition) is 5. The highest BCUT2D eigenvalue weighted by molar-refractivity contribution is 7.90. The minimum Gasteiger partial charge on any atom is -0.369 e. The number of nitrogens with zero attached hydrogens (tertiary/aromatic N) is 4. The largest absolute Gasteiger partial charge is 0.369 e. The van der Waals surface area contributed by atoms with Crippen molar-refractivity contribution in [3.05, 3.63) is 18.1 Å². The molecule has 26 heavy (non-hydrogen) atoms. The maximum Gasteiger partial charge on any atom is 0.216 e.